The van der Waals surface area contributed by atoms with Gasteiger partial charge in [-0.15, -0.1) is 0 Å². The fourth-order valence-electron chi connectivity index (χ4n) is 2.30. The number of carbonyl (C=O) groups excluding carboxylic acids is 2. The Kier molecular flexibility index (Phi) is 2.66. The molecule has 1 N–H and O–H groups in total. The van der Waals surface area contributed by atoms with E-state index in [0.717, 1.165) is 6.42 Å². The number of cyclic esters (lactones) is 2. The molecule has 5 nitrogen and oxygen atoms in total. The topological polar surface area (TPSA) is 72.8 Å². The summed E-state index contributed by atoms with van der Waals surface area (Å²) in [5, 5.41) is 9.68. The van der Waals surface area contributed by atoms with Gasteiger partial charge in [-0.1, -0.05) is 13.8 Å². The Hall–Kier alpha value is -1.10. The predicted molar refractivity (Wildman–Crippen MR) is 53.4 cm³/mol. The van der Waals surface area contributed by atoms with Crippen LogP contribution in [0.15, 0.2) is 0 Å². The average molecular weight is 228 g/mol. The Bertz CT molecular complexity index is 322. The first-order chi connectivity index (χ1) is 7.43. The Morgan fingerprint density at radius 3 is 2.50 bits per heavy atom. The van der Waals surface area contributed by atoms with Crippen LogP contribution in [0.3, 0.4) is 0 Å². The number of aliphatic hydroxyl groups excluding tert-OH is 1. The normalized spacial score (nSPS) is 38.1. The molecular formula is C11H16O5. The summed E-state index contributed by atoms with van der Waals surface area (Å²) in [4.78, 5) is 22.5. The SMILES string of the molecule is CC1(C)C(O)C(=O)O[C@H]1C1CCCC(=O)O1. The van der Waals surface area contributed by atoms with Crippen LogP contribution in [0.5, 0.6) is 0 Å². The minimum atomic E-state index is -1.14. The molecule has 2 fully saturated rings. The molecule has 0 aromatic heterocycles. The lowest BCUT2D eigenvalue weighted by Gasteiger charge is -2.33. The van der Waals surface area contributed by atoms with Crippen molar-refractivity contribution in [1.82, 2.24) is 0 Å². The number of ether oxygens (including phenoxy) is 2. The summed E-state index contributed by atoms with van der Waals surface area (Å²) < 4.78 is 10.3. The molecule has 0 amide bonds. The van der Waals surface area contributed by atoms with Crippen LogP contribution in [0, 0.1) is 5.41 Å². The van der Waals surface area contributed by atoms with Crippen LogP contribution in [0.25, 0.3) is 0 Å². The van der Waals surface area contributed by atoms with E-state index in [9.17, 15) is 14.7 Å². The molecular weight excluding hydrogens is 212 g/mol. The largest absolute Gasteiger partial charge is 0.458 e. The summed E-state index contributed by atoms with van der Waals surface area (Å²) in [5.74, 6) is -0.888. The summed E-state index contributed by atoms with van der Waals surface area (Å²) >= 11 is 0. The fourth-order valence-corrected chi connectivity index (χ4v) is 2.30. The van der Waals surface area contributed by atoms with Crippen LogP contribution < -0.4 is 0 Å². The van der Waals surface area contributed by atoms with Crippen molar-refractivity contribution in [3.63, 3.8) is 0 Å². The third-order valence-corrected chi connectivity index (χ3v) is 3.39. The highest BCUT2D eigenvalue weighted by atomic mass is 16.6. The number of hydrogen-bond donors (Lipinski definition) is 1. The van der Waals surface area contributed by atoms with Gasteiger partial charge < -0.3 is 14.6 Å². The summed E-state index contributed by atoms with van der Waals surface area (Å²) in [6, 6.07) is 0. The van der Waals surface area contributed by atoms with Crippen LogP contribution in [0.1, 0.15) is 33.1 Å². The van der Waals surface area contributed by atoms with Gasteiger partial charge in [-0.25, -0.2) is 4.79 Å². The van der Waals surface area contributed by atoms with Crippen LogP contribution in [-0.4, -0.2) is 35.4 Å². The fraction of sp³-hybridized carbons (Fsp3) is 0.818. The predicted octanol–water partition coefficient (Wildman–Crippen LogP) is 0.395. The third kappa shape index (κ3) is 1.69. The van der Waals surface area contributed by atoms with Crippen molar-refractivity contribution >= 4 is 11.9 Å². The van der Waals surface area contributed by atoms with Gasteiger partial charge in [0.15, 0.2) is 6.10 Å². The van der Waals surface area contributed by atoms with E-state index in [-0.39, 0.29) is 5.97 Å². The van der Waals surface area contributed by atoms with E-state index >= 15 is 0 Å². The molecule has 2 heterocycles. The van der Waals surface area contributed by atoms with Crippen LogP contribution in [0.4, 0.5) is 0 Å². The molecule has 0 saturated carbocycles. The molecule has 0 aliphatic carbocycles. The molecule has 2 aliphatic rings. The second-order valence-corrected chi connectivity index (χ2v) is 5.00. The first kappa shape index (κ1) is 11.4. The quantitative estimate of drug-likeness (QED) is 0.657. The van der Waals surface area contributed by atoms with E-state index < -0.39 is 29.7 Å². The van der Waals surface area contributed by atoms with Gasteiger partial charge in [0, 0.05) is 11.8 Å². The molecule has 16 heavy (non-hydrogen) atoms. The summed E-state index contributed by atoms with van der Waals surface area (Å²) in [7, 11) is 0. The standard InChI is InChI=1S/C11H16O5/c1-11(2)8(13)10(14)16-9(11)6-4-3-5-7(12)15-6/h6,8-9,13H,3-5H2,1-2H3/t6?,8?,9-/m0/s1. The van der Waals surface area contributed by atoms with Crippen molar-refractivity contribution in [2.24, 2.45) is 5.41 Å². The summed E-state index contributed by atoms with van der Waals surface area (Å²) in [6.45, 7) is 3.49. The Morgan fingerprint density at radius 2 is 2.00 bits per heavy atom. The monoisotopic (exact) mass is 228 g/mol. The maximum Gasteiger partial charge on any atom is 0.336 e. The number of carbonyl (C=O) groups is 2. The van der Waals surface area contributed by atoms with Crippen LogP contribution in [-0.2, 0) is 19.1 Å². The summed E-state index contributed by atoms with van der Waals surface area (Å²) in [5.41, 5.74) is -0.709. The van der Waals surface area contributed by atoms with Gasteiger partial charge in [0.25, 0.3) is 0 Å². The van der Waals surface area contributed by atoms with E-state index in [1.807, 2.05) is 0 Å². The van der Waals surface area contributed by atoms with E-state index in [2.05, 4.69) is 0 Å². The molecule has 90 valence electrons. The number of rotatable bonds is 1. The number of hydrogen-bond acceptors (Lipinski definition) is 5. The van der Waals surface area contributed by atoms with Crippen molar-refractivity contribution in [3.8, 4) is 0 Å². The zero-order valence-electron chi connectivity index (χ0n) is 9.43. The average Bonchev–Trinajstić information content (AvgIpc) is 2.42. The maximum absolute atomic E-state index is 11.3. The van der Waals surface area contributed by atoms with Crippen molar-refractivity contribution in [2.75, 3.05) is 0 Å². The molecule has 0 aromatic carbocycles. The first-order valence-electron chi connectivity index (χ1n) is 5.51. The van der Waals surface area contributed by atoms with Gasteiger partial charge in [-0.2, -0.15) is 0 Å². The van der Waals surface area contributed by atoms with E-state index in [0.29, 0.717) is 12.8 Å². The maximum atomic E-state index is 11.3. The van der Waals surface area contributed by atoms with Crippen molar-refractivity contribution < 1.29 is 24.2 Å². The lowest BCUT2D eigenvalue weighted by atomic mass is 9.79. The molecule has 2 saturated heterocycles. The van der Waals surface area contributed by atoms with Crippen LogP contribution in [0.2, 0.25) is 0 Å². The summed E-state index contributed by atoms with van der Waals surface area (Å²) in [6.07, 6.45) is -0.265. The second-order valence-electron chi connectivity index (χ2n) is 5.00. The van der Waals surface area contributed by atoms with E-state index in [4.69, 9.17) is 9.47 Å². The van der Waals surface area contributed by atoms with E-state index in [1.54, 1.807) is 13.8 Å². The molecule has 3 atom stereocenters. The zero-order chi connectivity index (χ0) is 11.9. The minimum absolute atomic E-state index is 0.260. The van der Waals surface area contributed by atoms with Gasteiger partial charge >= 0.3 is 11.9 Å². The second kappa shape index (κ2) is 3.73. The third-order valence-electron chi connectivity index (χ3n) is 3.39. The zero-order valence-corrected chi connectivity index (χ0v) is 9.43. The lowest BCUT2D eigenvalue weighted by molar-refractivity contribution is -0.170. The Balaban J connectivity index is 2.15. The molecule has 2 unspecified atom stereocenters. The van der Waals surface area contributed by atoms with Crippen molar-refractivity contribution in [2.45, 2.75) is 51.4 Å². The lowest BCUT2D eigenvalue weighted by Crippen LogP contribution is -2.44. The van der Waals surface area contributed by atoms with Gasteiger partial charge in [0.2, 0.25) is 0 Å². The van der Waals surface area contributed by atoms with Crippen molar-refractivity contribution in [3.05, 3.63) is 0 Å². The highest BCUT2D eigenvalue weighted by Gasteiger charge is 2.54. The van der Waals surface area contributed by atoms with Crippen molar-refractivity contribution in [1.29, 1.82) is 0 Å². The Labute approximate surface area is 93.7 Å². The number of aliphatic hydroxyl groups is 1. The Morgan fingerprint density at radius 1 is 1.31 bits per heavy atom. The number of esters is 2. The van der Waals surface area contributed by atoms with Gasteiger partial charge in [-0.3, -0.25) is 4.79 Å². The van der Waals surface area contributed by atoms with Gasteiger partial charge in [-0.05, 0) is 12.8 Å². The smallest absolute Gasteiger partial charge is 0.336 e. The molecule has 2 aliphatic heterocycles. The molecule has 0 bridgehead atoms. The highest BCUT2D eigenvalue weighted by molar-refractivity contribution is 5.78. The van der Waals surface area contributed by atoms with Gasteiger partial charge in [0.1, 0.15) is 12.2 Å². The van der Waals surface area contributed by atoms with Crippen LogP contribution >= 0.6 is 0 Å². The molecule has 0 aromatic rings. The molecule has 5 heteroatoms. The molecule has 0 radical (unpaired) electrons. The first-order valence-corrected chi connectivity index (χ1v) is 5.51. The van der Waals surface area contributed by atoms with E-state index in [1.165, 1.54) is 0 Å². The van der Waals surface area contributed by atoms with Gasteiger partial charge in [0.05, 0.1) is 0 Å². The highest BCUT2D eigenvalue weighted by Crippen LogP contribution is 2.39. The molecule has 2 rings (SSSR count). The molecule has 0 spiro atoms. The minimum Gasteiger partial charge on any atom is -0.458 e.